The largest absolute Gasteiger partial charge is 0.458 e. The molecule has 8 heteroatoms. The molecule has 0 radical (unpaired) electrons. The van der Waals surface area contributed by atoms with Crippen molar-refractivity contribution in [2.24, 2.45) is 34.5 Å². The predicted octanol–water partition coefficient (Wildman–Crippen LogP) is 4.40. The third-order valence-electron chi connectivity index (χ3n) is 11.3. The second-order valence-electron chi connectivity index (χ2n) is 13.3. The third-order valence-corrected chi connectivity index (χ3v) is 11.3. The van der Waals surface area contributed by atoms with Gasteiger partial charge in [0, 0.05) is 31.8 Å². The van der Waals surface area contributed by atoms with Gasteiger partial charge in [-0.2, -0.15) is 0 Å². The van der Waals surface area contributed by atoms with Crippen LogP contribution >= 0.6 is 0 Å². The van der Waals surface area contributed by atoms with Crippen molar-refractivity contribution < 1.29 is 38.5 Å². The molecular formula is C32H42O8. The molecule has 1 aliphatic heterocycles. The van der Waals surface area contributed by atoms with Gasteiger partial charge in [-0.25, -0.2) is 4.79 Å². The van der Waals surface area contributed by atoms with Gasteiger partial charge in [-0.05, 0) is 100 Å². The average Bonchev–Trinajstić information content (AvgIpc) is 3.22. The monoisotopic (exact) mass is 554 g/mol. The zero-order chi connectivity index (χ0) is 29.4. The van der Waals surface area contributed by atoms with E-state index in [0.29, 0.717) is 24.0 Å². The zero-order valence-corrected chi connectivity index (χ0v) is 24.6. The molecule has 4 aliphatic carbocycles. The lowest BCUT2D eigenvalue weighted by Gasteiger charge is -2.59. The zero-order valence-electron chi connectivity index (χ0n) is 24.6. The Labute approximate surface area is 236 Å². The second kappa shape index (κ2) is 9.68. The van der Waals surface area contributed by atoms with E-state index < -0.39 is 41.3 Å². The molecule has 0 amide bonds. The molecule has 0 aromatic rings. The SMILES string of the molecule is CC(=O)OC1C=CC(=O)C2(C)C1=CC(OC(C)=O)C1C2CCC2(C)C1CCC2C(C)(O)C1CC(C)=C(C)C(=O)O1. The van der Waals surface area contributed by atoms with Gasteiger partial charge >= 0.3 is 17.9 Å². The lowest BCUT2D eigenvalue weighted by atomic mass is 9.46. The van der Waals surface area contributed by atoms with Crippen LogP contribution in [0.1, 0.15) is 80.6 Å². The van der Waals surface area contributed by atoms with Crippen molar-refractivity contribution >= 4 is 23.7 Å². The Hall–Kier alpha value is -2.74. The van der Waals surface area contributed by atoms with Crippen LogP contribution in [0.3, 0.4) is 0 Å². The van der Waals surface area contributed by atoms with Crippen molar-refractivity contribution in [2.75, 3.05) is 0 Å². The molecule has 1 heterocycles. The number of cyclic esters (lactones) is 1. The molecule has 0 spiro atoms. The van der Waals surface area contributed by atoms with E-state index in [1.54, 1.807) is 19.9 Å². The van der Waals surface area contributed by atoms with Gasteiger partial charge in [-0.1, -0.05) is 12.5 Å². The Kier molecular flexibility index (Phi) is 6.96. The number of ether oxygens (including phenoxy) is 3. The smallest absolute Gasteiger partial charge is 0.334 e. The van der Waals surface area contributed by atoms with Gasteiger partial charge in [0.25, 0.3) is 0 Å². The van der Waals surface area contributed by atoms with E-state index in [4.69, 9.17) is 14.2 Å². The van der Waals surface area contributed by atoms with Gasteiger partial charge in [-0.15, -0.1) is 0 Å². The molecule has 2 fully saturated rings. The van der Waals surface area contributed by atoms with Gasteiger partial charge in [0.05, 0.1) is 5.41 Å². The highest BCUT2D eigenvalue weighted by atomic mass is 16.6. The highest BCUT2D eigenvalue weighted by Crippen LogP contribution is 2.67. The van der Waals surface area contributed by atoms with E-state index >= 15 is 0 Å². The summed E-state index contributed by atoms with van der Waals surface area (Å²) in [7, 11) is 0. The summed E-state index contributed by atoms with van der Waals surface area (Å²) < 4.78 is 17.3. The predicted molar refractivity (Wildman–Crippen MR) is 145 cm³/mol. The minimum atomic E-state index is -1.26. The fraction of sp³-hybridized carbons (Fsp3) is 0.688. The minimum Gasteiger partial charge on any atom is -0.458 e. The number of esters is 3. The van der Waals surface area contributed by atoms with Crippen LogP contribution < -0.4 is 0 Å². The number of hydrogen-bond acceptors (Lipinski definition) is 8. The van der Waals surface area contributed by atoms with Crippen LogP contribution in [0, 0.1) is 34.5 Å². The van der Waals surface area contributed by atoms with Crippen molar-refractivity contribution in [1.82, 2.24) is 0 Å². The highest BCUT2D eigenvalue weighted by Gasteiger charge is 2.66. The van der Waals surface area contributed by atoms with E-state index in [2.05, 4.69) is 6.92 Å². The Morgan fingerprint density at radius 2 is 1.73 bits per heavy atom. The van der Waals surface area contributed by atoms with E-state index in [9.17, 15) is 24.3 Å². The first-order chi connectivity index (χ1) is 18.6. The van der Waals surface area contributed by atoms with Crippen LogP contribution in [0.4, 0.5) is 0 Å². The van der Waals surface area contributed by atoms with E-state index in [1.807, 2.05) is 19.9 Å². The number of fused-ring (bicyclic) bond motifs is 5. The normalized spacial score (nSPS) is 42.1. The molecule has 40 heavy (non-hydrogen) atoms. The maximum atomic E-state index is 13.6. The Balaban J connectivity index is 1.54. The van der Waals surface area contributed by atoms with Gasteiger partial charge in [0.2, 0.25) is 0 Å². The topological polar surface area (TPSA) is 116 Å². The summed E-state index contributed by atoms with van der Waals surface area (Å²) in [4.78, 5) is 50.4. The van der Waals surface area contributed by atoms with Crippen molar-refractivity contribution in [3.8, 4) is 0 Å². The van der Waals surface area contributed by atoms with Crippen LogP contribution in [-0.4, -0.2) is 52.7 Å². The molecule has 0 aromatic heterocycles. The molecule has 0 aromatic carbocycles. The summed E-state index contributed by atoms with van der Waals surface area (Å²) in [5.74, 6) is -1.64. The molecule has 218 valence electrons. The maximum Gasteiger partial charge on any atom is 0.334 e. The number of hydrogen-bond donors (Lipinski definition) is 1. The van der Waals surface area contributed by atoms with Gasteiger partial charge in [0.15, 0.2) is 5.78 Å². The number of aliphatic hydroxyl groups is 1. The van der Waals surface area contributed by atoms with Crippen molar-refractivity contribution in [2.45, 2.75) is 104 Å². The van der Waals surface area contributed by atoms with Crippen LogP contribution in [0.25, 0.3) is 0 Å². The van der Waals surface area contributed by atoms with Crippen molar-refractivity contribution in [3.63, 3.8) is 0 Å². The van der Waals surface area contributed by atoms with E-state index in [0.717, 1.165) is 24.8 Å². The van der Waals surface area contributed by atoms with Gasteiger partial charge < -0.3 is 19.3 Å². The molecule has 10 unspecified atom stereocenters. The van der Waals surface area contributed by atoms with Crippen LogP contribution in [0.2, 0.25) is 0 Å². The summed E-state index contributed by atoms with van der Waals surface area (Å²) in [6.07, 6.45) is 6.54. The third kappa shape index (κ3) is 4.20. The number of rotatable bonds is 4. The summed E-state index contributed by atoms with van der Waals surface area (Å²) >= 11 is 0. The molecule has 5 aliphatic rings. The lowest BCUT2D eigenvalue weighted by Crippen LogP contribution is -2.60. The maximum absolute atomic E-state index is 13.6. The van der Waals surface area contributed by atoms with Crippen LogP contribution in [0.15, 0.2) is 34.9 Å². The first-order valence-corrected chi connectivity index (χ1v) is 14.5. The minimum absolute atomic E-state index is 0.0321. The molecule has 0 bridgehead atoms. The first-order valence-electron chi connectivity index (χ1n) is 14.5. The van der Waals surface area contributed by atoms with Crippen LogP contribution in [-0.2, 0) is 33.4 Å². The molecular weight excluding hydrogens is 512 g/mol. The summed E-state index contributed by atoms with van der Waals surface area (Å²) in [6.45, 7) is 12.3. The van der Waals surface area contributed by atoms with Crippen molar-refractivity contribution in [1.29, 1.82) is 0 Å². The molecule has 5 rings (SSSR count). The summed E-state index contributed by atoms with van der Waals surface area (Å²) in [5, 5.41) is 12.1. The summed E-state index contributed by atoms with van der Waals surface area (Å²) in [5.41, 5.74) is -0.262. The number of carbonyl (C=O) groups excluding carboxylic acids is 4. The number of carbonyl (C=O) groups is 4. The standard InChI is InChI=1S/C32H42O8/c1-16-14-27(40-29(36)17(16)2)32(7,37)25-10-8-20-28-21(12-13-30(20,25)5)31(6)22(15-24(28)39-19(4)34)23(38-18(3)33)9-11-26(31)35/h9,11,15,20-21,23-25,27-28,37H,8,10,12-14H2,1-7H3. The highest BCUT2D eigenvalue weighted by molar-refractivity contribution is 5.99. The molecule has 0 saturated heterocycles. The lowest BCUT2D eigenvalue weighted by molar-refractivity contribution is -0.186. The number of allylic oxidation sites excluding steroid dienone is 1. The average molecular weight is 555 g/mol. The Morgan fingerprint density at radius 3 is 2.35 bits per heavy atom. The van der Waals surface area contributed by atoms with Crippen LogP contribution in [0.5, 0.6) is 0 Å². The van der Waals surface area contributed by atoms with E-state index in [-0.39, 0.29) is 40.8 Å². The number of ketones is 1. The Bertz CT molecular complexity index is 1240. The second-order valence-corrected chi connectivity index (χ2v) is 13.3. The fourth-order valence-electron chi connectivity index (χ4n) is 9.13. The van der Waals surface area contributed by atoms with Gasteiger partial charge in [-0.3, -0.25) is 14.4 Å². The van der Waals surface area contributed by atoms with Crippen molar-refractivity contribution in [3.05, 3.63) is 34.9 Å². The summed E-state index contributed by atoms with van der Waals surface area (Å²) in [6, 6.07) is 0. The first kappa shape index (κ1) is 28.8. The molecule has 8 nitrogen and oxygen atoms in total. The Morgan fingerprint density at radius 1 is 1.05 bits per heavy atom. The fourth-order valence-corrected chi connectivity index (χ4v) is 9.13. The molecule has 1 N–H and O–H groups in total. The molecule has 2 saturated carbocycles. The van der Waals surface area contributed by atoms with Gasteiger partial charge in [0.1, 0.15) is 23.9 Å². The quantitative estimate of drug-likeness (QED) is 0.309. The molecule has 10 atom stereocenters. The van der Waals surface area contributed by atoms with E-state index in [1.165, 1.54) is 19.9 Å².